The van der Waals surface area contributed by atoms with Gasteiger partial charge in [0.15, 0.2) is 9.99 Å². The van der Waals surface area contributed by atoms with Crippen LogP contribution in [0.15, 0.2) is 33.7 Å². The van der Waals surface area contributed by atoms with E-state index < -0.39 is 0 Å². The van der Waals surface area contributed by atoms with Crippen LogP contribution in [0.25, 0.3) is 10.3 Å². The van der Waals surface area contributed by atoms with Crippen molar-refractivity contribution in [2.24, 2.45) is 0 Å². The molecular formula is C16H15ClN4O3S2. The number of ether oxygens (including phenoxy) is 1. The number of aromatic nitrogens is 3. The van der Waals surface area contributed by atoms with Crippen LogP contribution in [0, 0.1) is 0 Å². The number of hydrogen-bond acceptors (Lipinski definition) is 7. The summed E-state index contributed by atoms with van der Waals surface area (Å²) in [4.78, 5) is 33.3. The Morgan fingerprint density at radius 2 is 2.27 bits per heavy atom. The molecule has 7 nitrogen and oxygen atoms in total. The number of thioether (sulfide) groups is 1. The summed E-state index contributed by atoms with van der Waals surface area (Å²) < 4.78 is 7.58. The number of amides is 1. The van der Waals surface area contributed by atoms with E-state index >= 15 is 0 Å². The van der Waals surface area contributed by atoms with Crippen molar-refractivity contribution in [1.82, 2.24) is 14.5 Å². The van der Waals surface area contributed by atoms with E-state index in [-0.39, 0.29) is 18.0 Å². The monoisotopic (exact) mass is 410 g/mol. The molecule has 26 heavy (non-hydrogen) atoms. The summed E-state index contributed by atoms with van der Waals surface area (Å²) in [5.74, 6) is 1.02. The number of methoxy groups -OCH3 is 1. The van der Waals surface area contributed by atoms with E-state index in [0.717, 1.165) is 10.1 Å². The maximum Gasteiger partial charge on any atom is 0.273 e. The van der Waals surface area contributed by atoms with Gasteiger partial charge in [-0.2, -0.15) is 0 Å². The number of carbonyl (C=O) groups excluding carboxylic acids is 1. The molecule has 0 aliphatic rings. The Morgan fingerprint density at radius 3 is 2.96 bits per heavy atom. The van der Waals surface area contributed by atoms with Gasteiger partial charge in [0.25, 0.3) is 5.56 Å². The molecule has 1 amide bonds. The number of rotatable bonds is 6. The molecule has 0 bridgehead atoms. The van der Waals surface area contributed by atoms with Crippen molar-refractivity contribution in [3.8, 4) is 5.75 Å². The Morgan fingerprint density at radius 1 is 1.46 bits per heavy atom. The molecule has 0 aliphatic carbocycles. The minimum Gasteiger partial charge on any atom is -0.495 e. The van der Waals surface area contributed by atoms with Crippen molar-refractivity contribution in [3.05, 3.63) is 39.9 Å². The molecule has 136 valence electrons. The molecule has 0 aliphatic heterocycles. The van der Waals surface area contributed by atoms with Crippen LogP contribution in [0.2, 0.25) is 5.02 Å². The minimum absolute atomic E-state index is 0.153. The summed E-state index contributed by atoms with van der Waals surface area (Å²) in [5.41, 5.74) is 0.648. The molecule has 3 aromatic rings. The Labute approximate surface area is 162 Å². The fourth-order valence-corrected chi connectivity index (χ4v) is 4.42. The number of fused-ring (bicyclic) bond motifs is 1. The first kappa shape index (κ1) is 18.7. The molecule has 0 spiro atoms. The molecular weight excluding hydrogens is 396 g/mol. The average Bonchev–Trinajstić information content (AvgIpc) is 3.01. The lowest BCUT2D eigenvalue weighted by Crippen LogP contribution is -2.27. The van der Waals surface area contributed by atoms with Crippen LogP contribution in [0.1, 0.15) is 6.92 Å². The number of benzene rings is 1. The number of halogens is 1. The third-order valence-corrected chi connectivity index (χ3v) is 5.73. The van der Waals surface area contributed by atoms with E-state index in [9.17, 15) is 9.59 Å². The van der Waals surface area contributed by atoms with Crippen LogP contribution in [0.5, 0.6) is 5.75 Å². The number of anilines is 1. The summed E-state index contributed by atoms with van der Waals surface area (Å²) in [7, 11) is 1.51. The molecule has 0 radical (unpaired) electrons. The summed E-state index contributed by atoms with van der Waals surface area (Å²) in [6.45, 7) is 1.86. The lowest BCUT2D eigenvalue weighted by molar-refractivity contribution is -0.116. The van der Waals surface area contributed by atoms with E-state index in [1.165, 1.54) is 29.3 Å². The van der Waals surface area contributed by atoms with Crippen LogP contribution in [0.3, 0.4) is 0 Å². The second kappa shape index (κ2) is 8.07. The minimum atomic E-state index is -0.359. The molecule has 0 fully saturated rings. The van der Waals surface area contributed by atoms with Gasteiger partial charge in [-0.05, 0) is 24.0 Å². The van der Waals surface area contributed by atoms with Gasteiger partial charge in [-0.1, -0.05) is 30.3 Å². The molecule has 3 rings (SSSR count). The molecule has 0 saturated heterocycles. The number of nitrogens with zero attached hydrogens (tertiary/aromatic N) is 3. The van der Waals surface area contributed by atoms with Crippen molar-refractivity contribution >= 4 is 56.6 Å². The Hall–Kier alpha value is -2.10. The van der Waals surface area contributed by atoms with Crippen LogP contribution in [0.4, 0.5) is 5.69 Å². The normalized spacial score (nSPS) is 10.9. The van der Waals surface area contributed by atoms with Gasteiger partial charge in [0.2, 0.25) is 5.91 Å². The van der Waals surface area contributed by atoms with Crippen LogP contribution in [-0.4, -0.2) is 33.3 Å². The van der Waals surface area contributed by atoms with Gasteiger partial charge in [-0.3, -0.25) is 14.2 Å². The predicted molar refractivity (Wildman–Crippen MR) is 105 cm³/mol. The van der Waals surface area contributed by atoms with Crippen LogP contribution in [-0.2, 0) is 11.3 Å². The lowest BCUT2D eigenvalue weighted by atomic mass is 10.3. The third-order valence-electron chi connectivity index (χ3n) is 3.38. The summed E-state index contributed by atoms with van der Waals surface area (Å²) >= 11 is 8.89. The first-order chi connectivity index (χ1) is 12.5. The van der Waals surface area contributed by atoms with Gasteiger partial charge in [-0.15, -0.1) is 11.3 Å². The zero-order valence-corrected chi connectivity index (χ0v) is 16.4. The third kappa shape index (κ3) is 4.00. The van der Waals surface area contributed by atoms with Crippen molar-refractivity contribution in [2.75, 3.05) is 18.2 Å². The fourth-order valence-electron chi connectivity index (χ4n) is 2.22. The largest absolute Gasteiger partial charge is 0.495 e. The summed E-state index contributed by atoms with van der Waals surface area (Å²) in [6, 6.07) is 4.91. The highest BCUT2D eigenvalue weighted by Gasteiger charge is 2.13. The van der Waals surface area contributed by atoms with Gasteiger partial charge in [0.1, 0.15) is 23.3 Å². The lowest BCUT2D eigenvalue weighted by Gasteiger charge is -2.09. The van der Waals surface area contributed by atoms with E-state index in [1.807, 2.05) is 6.92 Å². The average molecular weight is 411 g/mol. The van der Waals surface area contributed by atoms with Gasteiger partial charge in [0, 0.05) is 5.69 Å². The second-order valence-corrected chi connectivity index (χ2v) is 8.06. The SMILES string of the molecule is CCSc1nc2ncn(CC(=O)Nc3ccc(OC)c(Cl)c3)c(=O)c2s1. The number of thiazole rings is 1. The highest BCUT2D eigenvalue weighted by Crippen LogP contribution is 2.27. The Bertz CT molecular complexity index is 1020. The molecule has 0 atom stereocenters. The molecule has 1 N–H and O–H groups in total. The van der Waals surface area contributed by atoms with Gasteiger partial charge in [-0.25, -0.2) is 9.97 Å². The van der Waals surface area contributed by atoms with E-state index in [1.54, 1.807) is 30.0 Å². The first-order valence-electron chi connectivity index (χ1n) is 7.64. The van der Waals surface area contributed by atoms with E-state index in [4.69, 9.17) is 16.3 Å². The highest BCUT2D eigenvalue weighted by molar-refractivity contribution is 8.01. The van der Waals surface area contributed by atoms with Crippen molar-refractivity contribution in [1.29, 1.82) is 0 Å². The van der Waals surface area contributed by atoms with Crippen molar-refractivity contribution in [3.63, 3.8) is 0 Å². The molecule has 2 aromatic heterocycles. The Kier molecular flexibility index (Phi) is 5.80. The number of carbonyl (C=O) groups is 1. The quantitative estimate of drug-likeness (QED) is 0.627. The molecule has 10 heteroatoms. The molecule has 2 heterocycles. The standard InChI is InChI=1S/C16H15ClN4O3S2/c1-3-25-16-20-14-13(26-16)15(23)21(8-18-14)7-12(22)19-9-4-5-11(24-2)10(17)6-9/h4-6,8H,3,7H2,1-2H3,(H,19,22). The molecule has 0 unspecified atom stereocenters. The summed E-state index contributed by atoms with van der Waals surface area (Å²) in [6.07, 6.45) is 1.34. The second-order valence-electron chi connectivity index (χ2n) is 5.14. The zero-order chi connectivity index (χ0) is 18.7. The fraction of sp³-hybridized carbons (Fsp3) is 0.250. The smallest absolute Gasteiger partial charge is 0.273 e. The van der Waals surface area contributed by atoms with Crippen molar-refractivity contribution < 1.29 is 9.53 Å². The molecule has 0 saturated carbocycles. The van der Waals surface area contributed by atoms with Crippen LogP contribution < -0.4 is 15.6 Å². The number of nitrogens with one attached hydrogen (secondary N) is 1. The van der Waals surface area contributed by atoms with Crippen LogP contribution >= 0.6 is 34.7 Å². The summed E-state index contributed by atoms with van der Waals surface area (Å²) in [5, 5.41) is 3.09. The van der Waals surface area contributed by atoms with E-state index in [2.05, 4.69) is 15.3 Å². The predicted octanol–water partition coefficient (Wildman–Crippen LogP) is 3.27. The topological polar surface area (TPSA) is 86.1 Å². The highest BCUT2D eigenvalue weighted by atomic mass is 35.5. The van der Waals surface area contributed by atoms with Crippen molar-refractivity contribution in [2.45, 2.75) is 17.8 Å². The maximum atomic E-state index is 12.5. The maximum absolute atomic E-state index is 12.5. The van der Waals surface area contributed by atoms with E-state index in [0.29, 0.717) is 26.8 Å². The van der Waals surface area contributed by atoms with Gasteiger partial charge < -0.3 is 10.1 Å². The number of hydrogen-bond donors (Lipinski definition) is 1. The zero-order valence-electron chi connectivity index (χ0n) is 14.0. The first-order valence-corrected chi connectivity index (χ1v) is 9.82. The van der Waals surface area contributed by atoms with Gasteiger partial charge >= 0.3 is 0 Å². The Balaban J connectivity index is 1.77. The van der Waals surface area contributed by atoms with Gasteiger partial charge in [0.05, 0.1) is 12.1 Å². The molecule has 1 aromatic carbocycles.